The van der Waals surface area contributed by atoms with Crippen LogP contribution >= 0.6 is 0 Å². The first-order chi connectivity index (χ1) is 9.12. The molecule has 0 aromatic heterocycles. The van der Waals surface area contributed by atoms with Crippen LogP contribution in [-0.4, -0.2) is 55.1 Å². The lowest BCUT2D eigenvalue weighted by Crippen LogP contribution is -2.52. The van der Waals surface area contributed by atoms with Crippen LogP contribution in [0.2, 0.25) is 0 Å². The van der Waals surface area contributed by atoms with E-state index in [9.17, 15) is 0 Å². The van der Waals surface area contributed by atoms with Gasteiger partial charge in [-0.1, -0.05) is 39.0 Å². The van der Waals surface area contributed by atoms with Crippen molar-refractivity contribution in [3.05, 3.63) is 0 Å². The summed E-state index contributed by atoms with van der Waals surface area (Å²) in [6, 6.07) is 0. The number of likely N-dealkylation sites (N-methyl/N-ethyl adjacent to an activating group) is 1. The van der Waals surface area contributed by atoms with Crippen molar-refractivity contribution >= 4 is 0 Å². The van der Waals surface area contributed by atoms with Crippen LogP contribution < -0.4 is 5.73 Å². The summed E-state index contributed by atoms with van der Waals surface area (Å²) in [6.45, 7) is 10.3. The molecule has 1 aliphatic rings. The number of hydrogen-bond donors (Lipinski definition) is 1. The molecule has 3 nitrogen and oxygen atoms in total. The quantitative estimate of drug-likeness (QED) is 0.688. The summed E-state index contributed by atoms with van der Waals surface area (Å²) in [5, 5.41) is 0. The zero-order chi connectivity index (χ0) is 14.1. The molecule has 3 heteroatoms. The molecule has 1 unspecified atom stereocenters. The summed E-state index contributed by atoms with van der Waals surface area (Å²) in [5.41, 5.74) is 6.33. The predicted molar refractivity (Wildman–Crippen MR) is 84.5 cm³/mol. The molecule has 114 valence electrons. The summed E-state index contributed by atoms with van der Waals surface area (Å²) in [5.74, 6) is 0. The van der Waals surface area contributed by atoms with Crippen molar-refractivity contribution in [1.82, 2.24) is 9.80 Å². The fourth-order valence-electron chi connectivity index (χ4n) is 3.09. The molecule has 0 saturated carbocycles. The maximum Gasteiger partial charge on any atom is 0.0304 e. The minimum absolute atomic E-state index is 0.220. The summed E-state index contributed by atoms with van der Waals surface area (Å²) in [4.78, 5) is 5.09. The van der Waals surface area contributed by atoms with E-state index in [2.05, 4.69) is 30.7 Å². The van der Waals surface area contributed by atoms with E-state index >= 15 is 0 Å². The van der Waals surface area contributed by atoms with Gasteiger partial charge in [-0.25, -0.2) is 0 Å². The average Bonchev–Trinajstić information content (AvgIpc) is 2.63. The molecule has 1 heterocycles. The Morgan fingerprint density at radius 3 is 2.42 bits per heavy atom. The van der Waals surface area contributed by atoms with Gasteiger partial charge in [-0.05, 0) is 39.9 Å². The fourth-order valence-corrected chi connectivity index (χ4v) is 3.09. The van der Waals surface area contributed by atoms with Gasteiger partial charge in [0.1, 0.15) is 0 Å². The highest BCUT2D eigenvalue weighted by Crippen LogP contribution is 2.23. The third-order valence-corrected chi connectivity index (χ3v) is 4.74. The summed E-state index contributed by atoms with van der Waals surface area (Å²) < 4.78 is 0. The molecule has 0 aromatic rings. The second-order valence-electron chi connectivity index (χ2n) is 6.51. The van der Waals surface area contributed by atoms with E-state index in [1.165, 1.54) is 71.1 Å². The maximum absolute atomic E-state index is 6.11. The first kappa shape index (κ1) is 16.9. The van der Waals surface area contributed by atoms with E-state index in [0.29, 0.717) is 0 Å². The van der Waals surface area contributed by atoms with Crippen molar-refractivity contribution in [3.8, 4) is 0 Å². The van der Waals surface area contributed by atoms with Gasteiger partial charge in [0.25, 0.3) is 0 Å². The Kier molecular flexibility index (Phi) is 7.96. The number of nitrogens with two attached hydrogens (primary N) is 1. The van der Waals surface area contributed by atoms with E-state index < -0.39 is 0 Å². The largest absolute Gasteiger partial charge is 0.329 e. The first-order valence-electron chi connectivity index (χ1n) is 8.26. The van der Waals surface area contributed by atoms with E-state index in [1.54, 1.807) is 0 Å². The number of unbranched alkanes of at least 4 members (excludes halogenated alkanes) is 4. The number of rotatable bonds is 8. The van der Waals surface area contributed by atoms with E-state index in [-0.39, 0.29) is 5.54 Å². The monoisotopic (exact) mass is 269 g/mol. The van der Waals surface area contributed by atoms with Gasteiger partial charge in [0.15, 0.2) is 0 Å². The zero-order valence-electron chi connectivity index (χ0n) is 13.5. The molecule has 1 atom stereocenters. The van der Waals surface area contributed by atoms with Crippen LogP contribution in [0, 0.1) is 0 Å². The minimum atomic E-state index is 0.220. The smallest absolute Gasteiger partial charge is 0.0304 e. The lowest BCUT2D eigenvalue weighted by molar-refractivity contribution is 0.103. The third kappa shape index (κ3) is 5.80. The molecular formula is C16H35N3. The van der Waals surface area contributed by atoms with E-state index in [4.69, 9.17) is 5.73 Å². The summed E-state index contributed by atoms with van der Waals surface area (Å²) >= 11 is 0. The van der Waals surface area contributed by atoms with Gasteiger partial charge in [-0.3, -0.25) is 4.90 Å². The van der Waals surface area contributed by atoms with Crippen molar-refractivity contribution in [2.45, 2.75) is 64.3 Å². The molecule has 0 aliphatic carbocycles. The van der Waals surface area contributed by atoms with Crippen LogP contribution in [-0.2, 0) is 0 Å². The normalized spacial score (nSPS) is 22.1. The van der Waals surface area contributed by atoms with Crippen LogP contribution in [0.4, 0.5) is 0 Å². The molecule has 0 spiro atoms. The predicted octanol–water partition coefficient (Wildman–Crippen LogP) is 2.70. The second-order valence-corrected chi connectivity index (χ2v) is 6.51. The Balaban J connectivity index is 2.39. The highest BCUT2D eigenvalue weighted by atomic mass is 15.2. The minimum Gasteiger partial charge on any atom is -0.329 e. The molecule has 0 bridgehead atoms. The van der Waals surface area contributed by atoms with Gasteiger partial charge in [-0.2, -0.15) is 0 Å². The molecule has 0 radical (unpaired) electrons. The molecule has 0 amide bonds. The molecular weight excluding hydrogens is 234 g/mol. The molecule has 1 rings (SSSR count). The fraction of sp³-hybridized carbons (Fsp3) is 1.00. The van der Waals surface area contributed by atoms with Crippen LogP contribution in [0.5, 0.6) is 0 Å². The lowest BCUT2D eigenvalue weighted by Gasteiger charge is -2.40. The topological polar surface area (TPSA) is 32.5 Å². The van der Waals surface area contributed by atoms with E-state index in [0.717, 1.165) is 6.54 Å². The van der Waals surface area contributed by atoms with Crippen LogP contribution in [0.3, 0.4) is 0 Å². The summed E-state index contributed by atoms with van der Waals surface area (Å²) in [6.07, 6.45) is 9.34. The SMILES string of the molecule is CCCCCCCC(C)(CN)N1CCCN(C)CC1. The van der Waals surface area contributed by atoms with Gasteiger partial charge >= 0.3 is 0 Å². The second kappa shape index (κ2) is 8.93. The molecule has 1 saturated heterocycles. The molecule has 1 fully saturated rings. The number of nitrogens with zero attached hydrogens (tertiary/aromatic N) is 2. The Hall–Kier alpha value is -0.120. The van der Waals surface area contributed by atoms with Gasteiger partial charge in [0, 0.05) is 25.2 Å². The molecule has 19 heavy (non-hydrogen) atoms. The lowest BCUT2D eigenvalue weighted by atomic mass is 9.91. The van der Waals surface area contributed by atoms with Gasteiger partial charge in [0.05, 0.1) is 0 Å². The van der Waals surface area contributed by atoms with Crippen LogP contribution in [0.15, 0.2) is 0 Å². The standard InChI is InChI=1S/C16H35N3/c1-4-5-6-7-8-10-16(2,15-17)19-12-9-11-18(3)13-14-19/h4-15,17H2,1-3H3. The van der Waals surface area contributed by atoms with Crippen LogP contribution in [0.25, 0.3) is 0 Å². The first-order valence-corrected chi connectivity index (χ1v) is 8.26. The molecule has 2 N–H and O–H groups in total. The van der Waals surface area contributed by atoms with Crippen LogP contribution in [0.1, 0.15) is 58.8 Å². The van der Waals surface area contributed by atoms with Gasteiger partial charge in [-0.15, -0.1) is 0 Å². The Morgan fingerprint density at radius 2 is 1.74 bits per heavy atom. The van der Waals surface area contributed by atoms with Crippen molar-refractivity contribution in [2.24, 2.45) is 5.73 Å². The number of hydrogen-bond acceptors (Lipinski definition) is 3. The molecule has 0 aromatic carbocycles. The Labute approximate surface area is 120 Å². The highest BCUT2D eigenvalue weighted by Gasteiger charge is 2.30. The zero-order valence-corrected chi connectivity index (χ0v) is 13.5. The third-order valence-electron chi connectivity index (χ3n) is 4.74. The Morgan fingerprint density at radius 1 is 1.00 bits per heavy atom. The van der Waals surface area contributed by atoms with Crippen molar-refractivity contribution in [1.29, 1.82) is 0 Å². The molecule has 1 aliphatic heterocycles. The highest BCUT2D eigenvalue weighted by molar-refractivity contribution is 4.88. The maximum atomic E-state index is 6.11. The van der Waals surface area contributed by atoms with Crippen molar-refractivity contribution in [3.63, 3.8) is 0 Å². The van der Waals surface area contributed by atoms with Gasteiger partial charge < -0.3 is 10.6 Å². The van der Waals surface area contributed by atoms with Crippen molar-refractivity contribution in [2.75, 3.05) is 39.8 Å². The Bertz CT molecular complexity index is 232. The summed E-state index contributed by atoms with van der Waals surface area (Å²) in [7, 11) is 2.23. The average molecular weight is 269 g/mol. The van der Waals surface area contributed by atoms with E-state index in [1.807, 2.05) is 0 Å². The van der Waals surface area contributed by atoms with Gasteiger partial charge in [0.2, 0.25) is 0 Å². The van der Waals surface area contributed by atoms with Crippen molar-refractivity contribution < 1.29 is 0 Å².